The lowest BCUT2D eigenvalue weighted by Crippen LogP contribution is -2.00. The molecule has 0 bridgehead atoms. The van der Waals surface area contributed by atoms with Crippen LogP contribution in [-0.2, 0) is 0 Å². The number of benzene rings is 1. The monoisotopic (exact) mass is 301 g/mol. The van der Waals surface area contributed by atoms with E-state index in [9.17, 15) is 4.79 Å². The molecule has 0 spiro atoms. The molecule has 0 atom stereocenters. The molecule has 0 aliphatic carbocycles. The topological polar surface area (TPSA) is 43.1 Å². The van der Waals surface area contributed by atoms with E-state index in [1.165, 1.54) is 0 Å². The maximum Gasteiger partial charge on any atom is 0.345 e. The minimum Gasteiger partial charge on any atom is -0.422 e. The quantitative estimate of drug-likeness (QED) is 0.689. The standard InChI is InChI=1S/C14H8BrNO2/c15-10-5-3-9(4-6-10)13-8-12-11(14(17)18-13)2-1-7-16-12/h1-8H. The minimum absolute atomic E-state index is 0.362. The number of fused-ring (bicyclic) bond motifs is 1. The van der Waals surface area contributed by atoms with Gasteiger partial charge < -0.3 is 4.42 Å². The average molecular weight is 302 g/mol. The first-order valence-electron chi connectivity index (χ1n) is 5.39. The van der Waals surface area contributed by atoms with Crippen LogP contribution in [0.15, 0.2) is 62.3 Å². The second kappa shape index (κ2) is 4.38. The van der Waals surface area contributed by atoms with Gasteiger partial charge in [0.1, 0.15) is 5.76 Å². The summed E-state index contributed by atoms with van der Waals surface area (Å²) < 4.78 is 6.28. The van der Waals surface area contributed by atoms with Crippen molar-refractivity contribution in [3.8, 4) is 11.3 Å². The molecular formula is C14H8BrNO2. The van der Waals surface area contributed by atoms with Crippen LogP contribution in [0.2, 0.25) is 0 Å². The summed E-state index contributed by atoms with van der Waals surface area (Å²) >= 11 is 3.37. The Labute approximate surface area is 111 Å². The Morgan fingerprint density at radius 3 is 2.67 bits per heavy atom. The molecule has 0 saturated carbocycles. The molecule has 0 amide bonds. The van der Waals surface area contributed by atoms with Crippen LogP contribution in [0.25, 0.3) is 22.2 Å². The molecule has 18 heavy (non-hydrogen) atoms. The van der Waals surface area contributed by atoms with Gasteiger partial charge in [0.2, 0.25) is 0 Å². The third kappa shape index (κ3) is 1.95. The summed E-state index contributed by atoms with van der Waals surface area (Å²) in [5, 5.41) is 0.498. The van der Waals surface area contributed by atoms with Gasteiger partial charge in [-0.05, 0) is 24.3 Å². The van der Waals surface area contributed by atoms with Gasteiger partial charge in [0.05, 0.1) is 10.9 Å². The van der Waals surface area contributed by atoms with Gasteiger partial charge in [0, 0.05) is 22.3 Å². The summed E-state index contributed by atoms with van der Waals surface area (Å²) in [5.41, 5.74) is 1.13. The number of hydrogen-bond acceptors (Lipinski definition) is 3. The summed E-state index contributed by atoms with van der Waals surface area (Å²) in [6.07, 6.45) is 1.66. The van der Waals surface area contributed by atoms with Crippen molar-refractivity contribution in [2.75, 3.05) is 0 Å². The van der Waals surface area contributed by atoms with E-state index in [1.54, 1.807) is 24.4 Å². The lowest BCUT2D eigenvalue weighted by molar-refractivity contribution is 0.534. The normalized spacial score (nSPS) is 10.7. The van der Waals surface area contributed by atoms with Crippen molar-refractivity contribution < 1.29 is 4.42 Å². The Morgan fingerprint density at radius 1 is 1.11 bits per heavy atom. The molecule has 3 aromatic rings. The van der Waals surface area contributed by atoms with Gasteiger partial charge in [-0.25, -0.2) is 4.79 Å². The van der Waals surface area contributed by atoms with Crippen LogP contribution in [0.3, 0.4) is 0 Å². The van der Waals surface area contributed by atoms with Gasteiger partial charge in [-0.1, -0.05) is 28.1 Å². The fourth-order valence-corrected chi connectivity index (χ4v) is 2.03. The fraction of sp³-hybridized carbons (Fsp3) is 0. The summed E-state index contributed by atoms with van der Waals surface area (Å²) in [6.45, 7) is 0. The van der Waals surface area contributed by atoms with Gasteiger partial charge in [0.25, 0.3) is 0 Å². The van der Waals surface area contributed by atoms with Crippen molar-refractivity contribution in [2.24, 2.45) is 0 Å². The van der Waals surface area contributed by atoms with Gasteiger partial charge in [-0.15, -0.1) is 0 Å². The summed E-state index contributed by atoms with van der Waals surface area (Å²) in [6, 6.07) is 12.8. The van der Waals surface area contributed by atoms with E-state index < -0.39 is 0 Å². The van der Waals surface area contributed by atoms with Crippen molar-refractivity contribution in [1.82, 2.24) is 4.98 Å². The van der Waals surface area contributed by atoms with Gasteiger partial charge in [-0.2, -0.15) is 0 Å². The molecule has 1 aromatic carbocycles. The zero-order valence-corrected chi connectivity index (χ0v) is 10.8. The van der Waals surface area contributed by atoms with Crippen LogP contribution in [0.4, 0.5) is 0 Å². The fourth-order valence-electron chi connectivity index (χ4n) is 1.77. The predicted molar refractivity (Wildman–Crippen MR) is 73.4 cm³/mol. The lowest BCUT2D eigenvalue weighted by atomic mass is 10.1. The average Bonchev–Trinajstić information content (AvgIpc) is 2.39. The zero-order valence-electron chi connectivity index (χ0n) is 9.26. The Balaban J connectivity index is 2.24. The van der Waals surface area contributed by atoms with Crippen LogP contribution in [0, 0.1) is 0 Å². The third-order valence-electron chi connectivity index (χ3n) is 2.66. The number of nitrogens with zero attached hydrogens (tertiary/aromatic N) is 1. The smallest absolute Gasteiger partial charge is 0.345 e. The van der Waals surface area contributed by atoms with Crippen LogP contribution < -0.4 is 5.63 Å². The molecular weight excluding hydrogens is 294 g/mol. The molecule has 2 heterocycles. The predicted octanol–water partition coefficient (Wildman–Crippen LogP) is 3.62. The summed E-state index contributed by atoms with van der Waals surface area (Å²) in [7, 11) is 0. The Kier molecular flexibility index (Phi) is 2.72. The number of hydrogen-bond donors (Lipinski definition) is 0. The molecule has 0 N–H and O–H groups in total. The van der Waals surface area contributed by atoms with Crippen molar-refractivity contribution in [2.45, 2.75) is 0 Å². The summed E-state index contributed by atoms with van der Waals surface area (Å²) in [4.78, 5) is 16.0. The second-order valence-corrected chi connectivity index (χ2v) is 4.76. The molecule has 3 nitrogen and oxygen atoms in total. The van der Waals surface area contributed by atoms with Crippen molar-refractivity contribution in [3.63, 3.8) is 0 Å². The van der Waals surface area contributed by atoms with E-state index >= 15 is 0 Å². The van der Waals surface area contributed by atoms with Crippen LogP contribution in [0.1, 0.15) is 0 Å². The van der Waals surface area contributed by atoms with Crippen LogP contribution in [0.5, 0.6) is 0 Å². The Bertz CT molecular complexity index is 763. The van der Waals surface area contributed by atoms with Crippen LogP contribution >= 0.6 is 15.9 Å². The highest BCUT2D eigenvalue weighted by atomic mass is 79.9. The van der Waals surface area contributed by atoms with Gasteiger partial charge >= 0.3 is 5.63 Å². The summed E-state index contributed by atoms with van der Waals surface area (Å²) in [5.74, 6) is 0.527. The molecule has 0 radical (unpaired) electrons. The van der Waals surface area contributed by atoms with Crippen molar-refractivity contribution >= 4 is 26.8 Å². The number of rotatable bonds is 1. The zero-order chi connectivity index (χ0) is 12.5. The molecule has 88 valence electrons. The second-order valence-electron chi connectivity index (χ2n) is 3.84. The lowest BCUT2D eigenvalue weighted by Gasteiger charge is -2.02. The first-order valence-corrected chi connectivity index (χ1v) is 6.18. The SMILES string of the molecule is O=c1oc(-c2ccc(Br)cc2)cc2ncccc12. The first-order chi connectivity index (χ1) is 8.74. The molecule has 0 unspecified atom stereocenters. The van der Waals surface area contributed by atoms with Crippen LogP contribution in [-0.4, -0.2) is 4.98 Å². The van der Waals surface area contributed by atoms with E-state index in [2.05, 4.69) is 20.9 Å². The van der Waals surface area contributed by atoms with Gasteiger partial charge in [0.15, 0.2) is 0 Å². The first kappa shape index (κ1) is 11.2. The number of aromatic nitrogens is 1. The maximum absolute atomic E-state index is 11.8. The van der Waals surface area contributed by atoms with E-state index in [4.69, 9.17) is 4.42 Å². The highest BCUT2D eigenvalue weighted by molar-refractivity contribution is 9.10. The third-order valence-corrected chi connectivity index (χ3v) is 3.19. The number of halogens is 1. The van der Waals surface area contributed by atoms with E-state index in [0.717, 1.165) is 10.0 Å². The molecule has 2 aromatic heterocycles. The Hall–Kier alpha value is -1.94. The minimum atomic E-state index is -0.362. The highest BCUT2D eigenvalue weighted by Crippen LogP contribution is 2.22. The highest BCUT2D eigenvalue weighted by Gasteiger charge is 2.06. The molecule has 0 aliphatic rings. The van der Waals surface area contributed by atoms with Gasteiger partial charge in [-0.3, -0.25) is 4.98 Å². The Morgan fingerprint density at radius 2 is 1.89 bits per heavy atom. The van der Waals surface area contributed by atoms with E-state index in [0.29, 0.717) is 16.7 Å². The van der Waals surface area contributed by atoms with Crippen molar-refractivity contribution in [3.05, 3.63) is 63.6 Å². The number of pyridine rings is 1. The van der Waals surface area contributed by atoms with Crippen molar-refractivity contribution in [1.29, 1.82) is 0 Å². The molecule has 4 heteroatoms. The molecule has 0 fully saturated rings. The molecule has 3 rings (SSSR count). The van der Waals surface area contributed by atoms with E-state index in [1.807, 2.05) is 24.3 Å². The van der Waals surface area contributed by atoms with E-state index in [-0.39, 0.29) is 5.63 Å². The molecule has 0 aliphatic heterocycles. The maximum atomic E-state index is 11.8. The molecule has 0 saturated heterocycles. The largest absolute Gasteiger partial charge is 0.422 e.